The van der Waals surface area contributed by atoms with E-state index in [9.17, 15) is 0 Å². The van der Waals surface area contributed by atoms with Crippen LogP contribution in [0.2, 0.25) is 0 Å². The van der Waals surface area contributed by atoms with E-state index in [4.69, 9.17) is 0 Å². The minimum absolute atomic E-state index is 1.25. The Hall–Kier alpha value is -4.46. The minimum atomic E-state index is 1.25. The van der Waals surface area contributed by atoms with E-state index >= 15 is 0 Å². The van der Waals surface area contributed by atoms with E-state index in [2.05, 4.69) is 133 Å². The molecule has 7 aromatic carbocycles. The molecule has 0 bridgehead atoms. The van der Waals surface area contributed by atoms with Gasteiger partial charge in [-0.2, -0.15) is 0 Å². The molecule has 0 amide bonds. The molecule has 37 heavy (non-hydrogen) atoms. The molecule has 1 aromatic heterocycles. The van der Waals surface area contributed by atoms with Gasteiger partial charge in [-0.1, -0.05) is 115 Å². The number of hydrogen-bond donors (Lipinski definition) is 0. The molecular formula is C36H22S. The second kappa shape index (κ2) is 8.03. The van der Waals surface area contributed by atoms with Gasteiger partial charge in [0.15, 0.2) is 0 Å². The summed E-state index contributed by atoms with van der Waals surface area (Å²) in [6.07, 6.45) is 0. The second-order valence-electron chi connectivity index (χ2n) is 9.75. The van der Waals surface area contributed by atoms with Crippen LogP contribution in [0.25, 0.3) is 75.4 Å². The van der Waals surface area contributed by atoms with Gasteiger partial charge in [0.1, 0.15) is 0 Å². The van der Waals surface area contributed by atoms with Crippen molar-refractivity contribution in [2.45, 2.75) is 0 Å². The lowest BCUT2D eigenvalue weighted by molar-refractivity contribution is 1.64. The largest absolute Gasteiger partial charge is 0.142 e. The molecule has 0 aliphatic heterocycles. The highest BCUT2D eigenvalue weighted by atomic mass is 32.1. The fourth-order valence-corrected chi connectivity index (χ4v) is 7.03. The highest BCUT2D eigenvalue weighted by molar-refractivity contribution is 7.18. The van der Waals surface area contributed by atoms with Crippen LogP contribution in [0, 0.1) is 0 Å². The van der Waals surface area contributed by atoms with Gasteiger partial charge in [0, 0.05) is 21.0 Å². The Morgan fingerprint density at radius 2 is 1.05 bits per heavy atom. The fraction of sp³-hybridized carbons (Fsp3) is 0. The zero-order valence-corrected chi connectivity index (χ0v) is 20.9. The van der Waals surface area contributed by atoms with Crippen molar-refractivity contribution in [1.29, 1.82) is 0 Å². The molecule has 0 saturated heterocycles. The Bertz CT molecular complexity index is 2130. The van der Waals surface area contributed by atoms with Crippen molar-refractivity contribution in [2.24, 2.45) is 0 Å². The topological polar surface area (TPSA) is 0 Å². The summed E-state index contributed by atoms with van der Waals surface area (Å²) in [6, 6.07) is 46.7. The van der Waals surface area contributed by atoms with Gasteiger partial charge in [0.2, 0.25) is 0 Å². The van der Waals surface area contributed by atoms with Crippen molar-refractivity contribution < 1.29 is 0 Å². The van der Waals surface area contributed by atoms with Gasteiger partial charge in [0.05, 0.1) is 0 Å². The molecule has 8 aromatic rings. The van der Waals surface area contributed by atoms with E-state index in [1.165, 1.54) is 75.4 Å². The third kappa shape index (κ3) is 3.15. The summed E-state index contributed by atoms with van der Waals surface area (Å²) in [5.74, 6) is 0. The first-order valence-corrected chi connectivity index (χ1v) is 13.6. The molecule has 8 rings (SSSR count). The Labute approximate surface area is 219 Å². The van der Waals surface area contributed by atoms with E-state index < -0.39 is 0 Å². The van der Waals surface area contributed by atoms with Crippen LogP contribution in [-0.2, 0) is 0 Å². The third-order valence-corrected chi connectivity index (χ3v) is 8.73. The van der Waals surface area contributed by atoms with Crippen molar-refractivity contribution in [3.63, 3.8) is 0 Å². The Morgan fingerprint density at radius 3 is 1.92 bits per heavy atom. The van der Waals surface area contributed by atoms with Gasteiger partial charge >= 0.3 is 0 Å². The summed E-state index contributed by atoms with van der Waals surface area (Å²) in [5, 5.41) is 14.1. The molecule has 0 spiro atoms. The summed E-state index contributed by atoms with van der Waals surface area (Å²) in [6.45, 7) is 0. The standard InChI is InChI=1S/C36H22S/c1-2-8-23(9-3-1)29-16-15-27-20-25-11-4-5-12-26(25)21-33(27)35(29)34-22-37-36-31-17-14-24-10-6-7-13-28(24)30(31)18-19-32(34)36/h1-22H. The average Bonchev–Trinajstić information content (AvgIpc) is 3.40. The van der Waals surface area contributed by atoms with Crippen LogP contribution in [0.1, 0.15) is 0 Å². The van der Waals surface area contributed by atoms with Gasteiger partial charge in [-0.15, -0.1) is 11.3 Å². The van der Waals surface area contributed by atoms with Gasteiger partial charge in [-0.05, 0) is 71.9 Å². The molecule has 1 heteroatoms. The number of rotatable bonds is 2. The molecule has 1 heterocycles. The number of fused-ring (bicyclic) bond motifs is 7. The third-order valence-electron chi connectivity index (χ3n) is 7.70. The van der Waals surface area contributed by atoms with Crippen molar-refractivity contribution in [3.05, 3.63) is 133 Å². The van der Waals surface area contributed by atoms with Crippen LogP contribution < -0.4 is 0 Å². The molecule has 0 aliphatic carbocycles. The van der Waals surface area contributed by atoms with E-state index in [1.54, 1.807) is 0 Å². The highest BCUT2D eigenvalue weighted by Crippen LogP contribution is 2.46. The summed E-state index contributed by atoms with van der Waals surface area (Å²) >= 11 is 1.86. The predicted molar refractivity (Wildman–Crippen MR) is 163 cm³/mol. The van der Waals surface area contributed by atoms with Gasteiger partial charge in [0.25, 0.3) is 0 Å². The SMILES string of the molecule is c1ccc(-c2ccc3cc4ccccc4cc3c2-c2csc3c2ccc2c4ccccc4ccc23)cc1. The molecule has 0 nitrogen and oxygen atoms in total. The highest BCUT2D eigenvalue weighted by Gasteiger charge is 2.17. The number of hydrogen-bond acceptors (Lipinski definition) is 1. The van der Waals surface area contributed by atoms with E-state index in [-0.39, 0.29) is 0 Å². The maximum absolute atomic E-state index is 2.38. The van der Waals surface area contributed by atoms with E-state index in [0.717, 1.165) is 0 Å². The Balaban J connectivity index is 1.49. The fourth-order valence-electron chi connectivity index (χ4n) is 5.94. The monoisotopic (exact) mass is 486 g/mol. The lowest BCUT2D eigenvalue weighted by Gasteiger charge is -2.15. The Morgan fingerprint density at radius 1 is 0.378 bits per heavy atom. The van der Waals surface area contributed by atoms with Crippen LogP contribution in [0.5, 0.6) is 0 Å². The van der Waals surface area contributed by atoms with Crippen LogP contribution >= 0.6 is 11.3 Å². The number of thiophene rings is 1. The molecule has 0 unspecified atom stereocenters. The van der Waals surface area contributed by atoms with E-state index in [0.29, 0.717) is 0 Å². The lowest BCUT2D eigenvalue weighted by Crippen LogP contribution is -1.88. The van der Waals surface area contributed by atoms with Crippen molar-refractivity contribution in [3.8, 4) is 22.3 Å². The zero-order chi connectivity index (χ0) is 24.3. The van der Waals surface area contributed by atoms with Gasteiger partial charge in [-0.3, -0.25) is 0 Å². The lowest BCUT2D eigenvalue weighted by atomic mass is 9.88. The normalized spacial score (nSPS) is 11.8. The zero-order valence-electron chi connectivity index (χ0n) is 20.1. The first kappa shape index (κ1) is 20.7. The predicted octanol–water partition coefficient (Wildman–Crippen LogP) is 10.8. The van der Waals surface area contributed by atoms with E-state index in [1.807, 2.05) is 11.3 Å². The first-order chi connectivity index (χ1) is 18.3. The van der Waals surface area contributed by atoms with Crippen molar-refractivity contribution in [2.75, 3.05) is 0 Å². The van der Waals surface area contributed by atoms with Crippen LogP contribution in [0.15, 0.2) is 133 Å². The summed E-state index contributed by atoms with van der Waals surface area (Å²) < 4.78 is 1.36. The molecule has 0 aliphatic rings. The smallest absolute Gasteiger partial charge is 0.0427 e. The molecule has 0 radical (unpaired) electrons. The first-order valence-electron chi connectivity index (χ1n) is 12.7. The average molecular weight is 487 g/mol. The molecule has 0 saturated carbocycles. The summed E-state index contributed by atoms with van der Waals surface area (Å²) in [7, 11) is 0. The van der Waals surface area contributed by atoms with Gasteiger partial charge < -0.3 is 0 Å². The maximum atomic E-state index is 2.38. The van der Waals surface area contributed by atoms with Crippen LogP contribution in [0.4, 0.5) is 0 Å². The quantitative estimate of drug-likeness (QED) is 0.168. The van der Waals surface area contributed by atoms with Gasteiger partial charge in [-0.25, -0.2) is 0 Å². The van der Waals surface area contributed by atoms with Crippen LogP contribution in [-0.4, -0.2) is 0 Å². The molecule has 0 fully saturated rings. The molecular weight excluding hydrogens is 464 g/mol. The summed E-state index contributed by atoms with van der Waals surface area (Å²) in [5.41, 5.74) is 5.16. The molecule has 0 N–H and O–H groups in total. The molecule has 0 atom stereocenters. The molecule has 172 valence electrons. The second-order valence-corrected chi connectivity index (χ2v) is 10.6. The minimum Gasteiger partial charge on any atom is -0.142 e. The Kier molecular flexibility index (Phi) is 4.49. The van der Waals surface area contributed by atoms with Crippen molar-refractivity contribution in [1.82, 2.24) is 0 Å². The maximum Gasteiger partial charge on any atom is 0.0427 e. The summed E-state index contributed by atoms with van der Waals surface area (Å²) in [4.78, 5) is 0. The van der Waals surface area contributed by atoms with Crippen molar-refractivity contribution >= 4 is 64.5 Å². The van der Waals surface area contributed by atoms with Crippen LogP contribution in [0.3, 0.4) is 0 Å². The number of benzene rings is 7.